The van der Waals surface area contributed by atoms with Gasteiger partial charge in [0.2, 0.25) is 0 Å². The molecule has 2 aromatic rings. The number of halogens is 2. The number of rotatable bonds is 5. The van der Waals surface area contributed by atoms with E-state index in [0.29, 0.717) is 22.8 Å². The van der Waals surface area contributed by atoms with Crippen molar-refractivity contribution < 1.29 is 27.9 Å². The van der Waals surface area contributed by atoms with Crippen molar-refractivity contribution in [1.82, 2.24) is 14.8 Å². The lowest BCUT2D eigenvalue weighted by atomic mass is 9.75. The van der Waals surface area contributed by atoms with E-state index in [1.807, 2.05) is 13.8 Å². The van der Waals surface area contributed by atoms with E-state index < -0.39 is 53.4 Å². The summed E-state index contributed by atoms with van der Waals surface area (Å²) in [5.41, 5.74) is -2.22. The molecule has 8 nitrogen and oxygen atoms in total. The number of aryl methyl sites for hydroxylation is 1. The standard InChI is InChI=1S/C27H31F2N3O5/c1-15(2)19-9-7-16(3)12-22(19)37-26(36)32-24(34)27(30-25(32)35,18-8-10-20(28)21(29)13-18)14-31-11-5-6-17(4)23(31)33/h5-6,8,10-11,13,15-16,19,22H,7,9,12,14H2,1-4H3,(H,30,35)/t16-,19+,22-,27-/m1/s1. The first-order chi connectivity index (χ1) is 17.4. The van der Waals surface area contributed by atoms with Crippen molar-refractivity contribution in [3.05, 3.63) is 69.6 Å². The molecule has 1 aromatic carbocycles. The second-order valence-corrected chi connectivity index (χ2v) is 10.5. The number of carbonyl (C=O) groups excluding carboxylic acids is 3. The number of ether oxygens (including phenoxy) is 1. The van der Waals surface area contributed by atoms with E-state index in [4.69, 9.17) is 4.74 Å². The molecule has 4 amide bonds. The van der Waals surface area contributed by atoms with Crippen LogP contribution in [0.5, 0.6) is 0 Å². The highest BCUT2D eigenvalue weighted by atomic mass is 19.2. The van der Waals surface area contributed by atoms with E-state index >= 15 is 0 Å². The van der Waals surface area contributed by atoms with Gasteiger partial charge in [-0.2, -0.15) is 4.90 Å². The van der Waals surface area contributed by atoms with Gasteiger partial charge in [0, 0.05) is 11.8 Å². The summed E-state index contributed by atoms with van der Waals surface area (Å²) in [6.45, 7) is 7.25. The van der Waals surface area contributed by atoms with Crippen LogP contribution >= 0.6 is 0 Å². The maximum absolute atomic E-state index is 14.3. The van der Waals surface area contributed by atoms with Gasteiger partial charge in [-0.3, -0.25) is 9.59 Å². The number of nitrogens with one attached hydrogen (secondary N) is 1. The van der Waals surface area contributed by atoms with E-state index in [0.717, 1.165) is 31.0 Å². The summed E-state index contributed by atoms with van der Waals surface area (Å²) in [5, 5.41) is 2.47. The van der Waals surface area contributed by atoms with Crippen molar-refractivity contribution in [2.45, 2.75) is 65.1 Å². The van der Waals surface area contributed by atoms with Crippen molar-refractivity contribution >= 4 is 18.0 Å². The fourth-order valence-corrected chi connectivity index (χ4v) is 5.37. The van der Waals surface area contributed by atoms with E-state index in [9.17, 15) is 28.0 Å². The molecule has 0 spiro atoms. The van der Waals surface area contributed by atoms with Crippen LogP contribution in [-0.4, -0.2) is 33.6 Å². The third-order valence-corrected chi connectivity index (χ3v) is 7.52. The first-order valence-corrected chi connectivity index (χ1v) is 12.4. The first-order valence-electron chi connectivity index (χ1n) is 12.4. The van der Waals surface area contributed by atoms with Crippen LogP contribution in [0.4, 0.5) is 18.4 Å². The third kappa shape index (κ3) is 4.89. The van der Waals surface area contributed by atoms with Crippen LogP contribution in [0, 0.1) is 36.3 Å². The average Bonchev–Trinajstić information content (AvgIpc) is 3.08. The maximum Gasteiger partial charge on any atom is 0.425 e. The molecular formula is C27H31F2N3O5. The van der Waals surface area contributed by atoms with E-state index in [2.05, 4.69) is 12.2 Å². The number of aromatic nitrogens is 1. The second-order valence-electron chi connectivity index (χ2n) is 10.5. The van der Waals surface area contributed by atoms with Gasteiger partial charge in [0.15, 0.2) is 17.2 Å². The molecule has 198 valence electrons. The van der Waals surface area contributed by atoms with Gasteiger partial charge in [0.1, 0.15) is 6.10 Å². The van der Waals surface area contributed by atoms with Gasteiger partial charge in [0.05, 0.1) is 6.54 Å². The Balaban J connectivity index is 1.72. The number of urea groups is 1. The number of carbonyl (C=O) groups is 3. The zero-order chi connectivity index (χ0) is 27.1. The van der Waals surface area contributed by atoms with Gasteiger partial charge in [-0.05, 0) is 61.3 Å². The van der Waals surface area contributed by atoms with E-state index in [1.165, 1.54) is 10.8 Å². The highest BCUT2D eigenvalue weighted by molar-refractivity contribution is 6.17. The summed E-state index contributed by atoms with van der Waals surface area (Å²) in [5.74, 6) is -2.82. The minimum absolute atomic E-state index is 0.0720. The lowest BCUT2D eigenvalue weighted by Crippen LogP contribution is -2.50. The molecule has 1 saturated heterocycles. The van der Waals surface area contributed by atoms with Crippen LogP contribution in [0.25, 0.3) is 0 Å². The molecule has 37 heavy (non-hydrogen) atoms. The predicted octanol–water partition coefficient (Wildman–Crippen LogP) is 4.48. The quantitative estimate of drug-likeness (QED) is 0.593. The molecule has 2 fully saturated rings. The van der Waals surface area contributed by atoms with Crippen LogP contribution in [0.3, 0.4) is 0 Å². The van der Waals surface area contributed by atoms with Gasteiger partial charge in [-0.15, -0.1) is 0 Å². The molecule has 1 N–H and O–H groups in total. The molecule has 0 radical (unpaired) electrons. The lowest BCUT2D eigenvalue weighted by Gasteiger charge is -2.37. The molecule has 1 aliphatic heterocycles. The van der Waals surface area contributed by atoms with Crippen molar-refractivity contribution in [2.75, 3.05) is 0 Å². The van der Waals surface area contributed by atoms with Gasteiger partial charge >= 0.3 is 12.1 Å². The zero-order valence-corrected chi connectivity index (χ0v) is 21.3. The molecule has 10 heteroatoms. The fourth-order valence-electron chi connectivity index (χ4n) is 5.37. The topological polar surface area (TPSA) is 97.7 Å². The summed E-state index contributed by atoms with van der Waals surface area (Å²) in [6, 6.07) is 4.84. The minimum Gasteiger partial charge on any atom is -0.445 e. The van der Waals surface area contributed by atoms with Gasteiger partial charge in [-0.25, -0.2) is 18.4 Å². The predicted molar refractivity (Wildman–Crippen MR) is 130 cm³/mol. The molecule has 0 unspecified atom stereocenters. The van der Waals surface area contributed by atoms with Crippen molar-refractivity contribution in [3.63, 3.8) is 0 Å². The number of nitrogens with zero attached hydrogens (tertiary/aromatic N) is 2. The largest absolute Gasteiger partial charge is 0.445 e. The fraction of sp³-hybridized carbons (Fsp3) is 0.481. The normalized spacial score (nSPS) is 25.9. The molecule has 1 aliphatic carbocycles. The van der Waals surface area contributed by atoms with Crippen LogP contribution in [0.2, 0.25) is 0 Å². The Kier molecular flexibility index (Phi) is 7.21. The molecule has 4 atom stereocenters. The molecule has 4 rings (SSSR count). The molecular weight excluding hydrogens is 484 g/mol. The smallest absolute Gasteiger partial charge is 0.425 e. The molecule has 2 heterocycles. The molecule has 1 saturated carbocycles. The highest BCUT2D eigenvalue weighted by Crippen LogP contribution is 2.37. The number of amides is 4. The zero-order valence-electron chi connectivity index (χ0n) is 21.3. The SMILES string of the molecule is Cc1cccn(C[C@]2(c3ccc(F)c(F)c3)NC(=O)N(C(=O)O[C@@H]3C[C@H](C)CC[C@H]3C(C)C)C2=O)c1=O. The van der Waals surface area contributed by atoms with Gasteiger partial charge in [0.25, 0.3) is 11.5 Å². The van der Waals surface area contributed by atoms with Gasteiger partial charge < -0.3 is 14.6 Å². The Hall–Kier alpha value is -3.56. The van der Waals surface area contributed by atoms with Crippen molar-refractivity contribution in [1.29, 1.82) is 0 Å². The van der Waals surface area contributed by atoms with E-state index in [-0.39, 0.29) is 17.4 Å². The number of benzene rings is 1. The monoisotopic (exact) mass is 515 g/mol. The average molecular weight is 516 g/mol. The third-order valence-electron chi connectivity index (χ3n) is 7.52. The molecule has 2 aliphatic rings. The van der Waals surface area contributed by atoms with E-state index in [1.54, 1.807) is 19.1 Å². The number of hydrogen-bond donors (Lipinski definition) is 1. The lowest BCUT2D eigenvalue weighted by molar-refractivity contribution is -0.131. The highest BCUT2D eigenvalue weighted by Gasteiger charge is 2.56. The van der Waals surface area contributed by atoms with Crippen LogP contribution in [-0.2, 0) is 21.6 Å². The number of hydrogen-bond acceptors (Lipinski definition) is 5. The minimum atomic E-state index is -2.04. The molecule has 0 bridgehead atoms. The summed E-state index contributed by atoms with van der Waals surface area (Å²) in [7, 11) is 0. The Labute approximate surface area is 213 Å². The van der Waals surface area contributed by atoms with Gasteiger partial charge in [-0.1, -0.05) is 39.3 Å². The Morgan fingerprint density at radius 1 is 1.16 bits per heavy atom. The summed E-state index contributed by atoms with van der Waals surface area (Å²) >= 11 is 0. The Morgan fingerprint density at radius 3 is 2.57 bits per heavy atom. The summed E-state index contributed by atoms with van der Waals surface area (Å²) in [4.78, 5) is 53.2. The van der Waals surface area contributed by atoms with Crippen molar-refractivity contribution in [3.8, 4) is 0 Å². The summed E-state index contributed by atoms with van der Waals surface area (Å²) in [6.07, 6.45) is 2.25. The first kappa shape index (κ1) is 26.5. The maximum atomic E-state index is 14.3. The van der Waals surface area contributed by atoms with Crippen LogP contribution in [0.15, 0.2) is 41.3 Å². The second kappa shape index (κ2) is 10.1. The number of imide groups is 3. The number of pyridine rings is 1. The Morgan fingerprint density at radius 2 is 1.89 bits per heavy atom. The molecule has 1 aromatic heterocycles. The van der Waals surface area contributed by atoms with Crippen molar-refractivity contribution in [2.24, 2.45) is 17.8 Å². The van der Waals surface area contributed by atoms with Crippen LogP contribution in [0.1, 0.15) is 51.2 Å². The van der Waals surface area contributed by atoms with Crippen LogP contribution < -0.4 is 10.9 Å². The Bertz CT molecular complexity index is 1290. The summed E-state index contributed by atoms with van der Waals surface area (Å²) < 4.78 is 34.9.